The average Bonchev–Trinajstić information content (AvgIpc) is 3.27. The number of anilines is 1. The van der Waals surface area contributed by atoms with Crippen LogP contribution in [0.1, 0.15) is 46.1 Å². The molecule has 1 aliphatic carbocycles. The number of hydrogen-bond acceptors (Lipinski definition) is 4. The molecule has 0 unspecified atom stereocenters. The highest BCUT2D eigenvalue weighted by molar-refractivity contribution is 6.03. The molecule has 4 rings (SSSR count). The molecule has 2 heterocycles. The third-order valence-electron chi connectivity index (χ3n) is 4.20. The molecule has 122 valence electrons. The molecule has 2 aromatic rings. The van der Waals surface area contributed by atoms with Crippen molar-refractivity contribution in [1.29, 1.82) is 0 Å². The molecule has 0 saturated heterocycles. The van der Waals surface area contributed by atoms with Gasteiger partial charge in [-0.05, 0) is 43.0 Å². The van der Waals surface area contributed by atoms with Crippen LogP contribution in [0.15, 0.2) is 22.7 Å². The van der Waals surface area contributed by atoms with Crippen molar-refractivity contribution < 1.29 is 13.7 Å². The maximum atomic E-state index is 14.5. The quantitative estimate of drug-likeness (QED) is 0.903. The van der Waals surface area contributed by atoms with Gasteiger partial charge in [0.05, 0.1) is 5.69 Å². The lowest BCUT2D eigenvalue weighted by atomic mass is 9.99. The van der Waals surface area contributed by atoms with Crippen LogP contribution in [0.2, 0.25) is 0 Å². The van der Waals surface area contributed by atoms with Gasteiger partial charge < -0.3 is 15.2 Å². The summed E-state index contributed by atoms with van der Waals surface area (Å²) in [4.78, 5) is 12.2. The van der Waals surface area contributed by atoms with E-state index in [-0.39, 0.29) is 29.6 Å². The van der Waals surface area contributed by atoms with Crippen LogP contribution in [-0.2, 0) is 13.0 Å². The van der Waals surface area contributed by atoms with Crippen molar-refractivity contribution in [2.45, 2.75) is 31.7 Å². The number of amides is 1. The molecule has 1 amide bonds. The number of carbonyl (C=O) groups is 1. The molecule has 1 fully saturated rings. The Hall–Kier alpha value is -1.92. The van der Waals surface area contributed by atoms with Gasteiger partial charge >= 0.3 is 0 Å². The van der Waals surface area contributed by atoms with Gasteiger partial charge in [0.15, 0.2) is 5.69 Å². The summed E-state index contributed by atoms with van der Waals surface area (Å²) in [5.74, 6) is 0.339. The standard InChI is InChI=1S/C16H16FN3O2.ClH/c17-15-11-5-6-18-8-10(11)3-4-12(15)19-16(21)13-7-14(22-20-13)9-1-2-9;/h3-4,7,9,18H,1-2,5-6,8H2,(H,19,21);1H. The van der Waals surface area contributed by atoms with E-state index >= 15 is 0 Å². The fourth-order valence-corrected chi connectivity index (χ4v) is 2.77. The molecule has 5 nitrogen and oxygen atoms in total. The molecule has 23 heavy (non-hydrogen) atoms. The number of aromatic nitrogens is 1. The number of nitrogens with one attached hydrogen (secondary N) is 2. The van der Waals surface area contributed by atoms with Crippen molar-refractivity contribution in [1.82, 2.24) is 10.5 Å². The Morgan fingerprint density at radius 1 is 1.39 bits per heavy atom. The molecule has 1 aliphatic heterocycles. The molecule has 1 saturated carbocycles. The Kier molecular flexibility index (Phi) is 4.37. The van der Waals surface area contributed by atoms with Crippen molar-refractivity contribution in [3.05, 3.63) is 46.6 Å². The van der Waals surface area contributed by atoms with Crippen molar-refractivity contribution in [2.24, 2.45) is 0 Å². The summed E-state index contributed by atoms with van der Waals surface area (Å²) in [5.41, 5.74) is 2.01. The Labute approximate surface area is 139 Å². The first-order valence-electron chi connectivity index (χ1n) is 7.51. The maximum Gasteiger partial charge on any atom is 0.277 e. The Bertz CT molecular complexity index is 743. The highest BCUT2D eigenvalue weighted by atomic mass is 35.5. The average molecular weight is 338 g/mol. The number of rotatable bonds is 3. The summed E-state index contributed by atoms with van der Waals surface area (Å²) < 4.78 is 19.6. The molecule has 1 aromatic carbocycles. The van der Waals surface area contributed by atoms with Gasteiger partial charge in [0.1, 0.15) is 11.6 Å². The number of benzene rings is 1. The summed E-state index contributed by atoms with van der Waals surface area (Å²) >= 11 is 0. The first-order chi connectivity index (χ1) is 10.7. The zero-order valence-electron chi connectivity index (χ0n) is 12.4. The minimum absolute atomic E-state index is 0. The second-order valence-corrected chi connectivity index (χ2v) is 5.83. The van der Waals surface area contributed by atoms with E-state index in [9.17, 15) is 9.18 Å². The SMILES string of the molecule is Cl.O=C(Nc1ccc2c(c1F)CCNC2)c1cc(C2CC2)on1. The second-order valence-electron chi connectivity index (χ2n) is 5.83. The van der Waals surface area contributed by atoms with Crippen molar-refractivity contribution >= 4 is 24.0 Å². The van der Waals surface area contributed by atoms with Crippen LogP contribution < -0.4 is 10.6 Å². The van der Waals surface area contributed by atoms with Gasteiger partial charge in [0.2, 0.25) is 0 Å². The first kappa shape index (κ1) is 16.0. The summed E-state index contributed by atoms with van der Waals surface area (Å²) in [6.07, 6.45) is 2.77. The smallest absolute Gasteiger partial charge is 0.277 e. The first-order valence-corrected chi connectivity index (χ1v) is 7.51. The molecule has 0 atom stereocenters. The number of carbonyl (C=O) groups excluding carboxylic acids is 1. The Balaban J connectivity index is 0.00000156. The van der Waals surface area contributed by atoms with Gasteiger partial charge in [-0.3, -0.25) is 4.79 Å². The van der Waals surface area contributed by atoms with Crippen molar-refractivity contribution in [2.75, 3.05) is 11.9 Å². The molecule has 0 radical (unpaired) electrons. The minimum atomic E-state index is -0.441. The predicted molar refractivity (Wildman–Crippen MR) is 85.5 cm³/mol. The van der Waals surface area contributed by atoms with Gasteiger partial charge in [-0.1, -0.05) is 11.2 Å². The maximum absolute atomic E-state index is 14.5. The molecular weight excluding hydrogens is 321 g/mol. The van der Waals surface area contributed by atoms with Gasteiger partial charge in [-0.15, -0.1) is 12.4 Å². The number of fused-ring (bicyclic) bond motifs is 1. The number of halogens is 2. The van der Waals surface area contributed by atoms with Crippen LogP contribution in [0, 0.1) is 5.82 Å². The fourth-order valence-electron chi connectivity index (χ4n) is 2.77. The molecule has 7 heteroatoms. The third-order valence-corrected chi connectivity index (χ3v) is 4.20. The molecule has 2 N–H and O–H groups in total. The number of nitrogens with zero attached hydrogens (tertiary/aromatic N) is 1. The fraction of sp³-hybridized carbons (Fsp3) is 0.375. The van der Waals surface area contributed by atoms with E-state index in [0.29, 0.717) is 24.4 Å². The lowest BCUT2D eigenvalue weighted by molar-refractivity contribution is 0.101. The summed E-state index contributed by atoms with van der Waals surface area (Å²) in [6, 6.07) is 5.09. The molecule has 0 bridgehead atoms. The van der Waals surface area contributed by atoms with Crippen LogP contribution in [0.4, 0.5) is 10.1 Å². The van der Waals surface area contributed by atoms with Crippen LogP contribution in [0.25, 0.3) is 0 Å². The second kappa shape index (κ2) is 6.29. The van der Waals surface area contributed by atoms with Crippen molar-refractivity contribution in [3.63, 3.8) is 0 Å². The Morgan fingerprint density at radius 3 is 3.00 bits per heavy atom. The summed E-state index contributed by atoms with van der Waals surface area (Å²) in [7, 11) is 0. The third kappa shape index (κ3) is 3.09. The largest absolute Gasteiger partial charge is 0.360 e. The molecular formula is C16H17ClFN3O2. The van der Waals surface area contributed by atoms with E-state index in [4.69, 9.17) is 4.52 Å². The van der Waals surface area contributed by atoms with Crippen LogP contribution in [0.3, 0.4) is 0 Å². The summed E-state index contributed by atoms with van der Waals surface area (Å²) in [6.45, 7) is 1.41. The van der Waals surface area contributed by atoms with Gasteiger partial charge in [-0.25, -0.2) is 4.39 Å². The van der Waals surface area contributed by atoms with Gasteiger partial charge in [0, 0.05) is 18.5 Å². The van der Waals surface area contributed by atoms with E-state index in [1.54, 1.807) is 12.1 Å². The van der Waals surface area contributed by atoms with E-state index in [1.807, 2.05) is 6.07 Å². The van der Waals surface area contributed by atoms with Crippen LogP contribution in [0.5, 0.6) is 0 Å². The monoisotopic (exact) mass is 337 g/mol. The zero-order chi connectivity index (χ0) is 15.1. The number of hydrogen-bond donors (Lipinski definition) is 2. The van der Waals surface area contributed by atoms with Crippen molar-refractivity contribution in [3.8, 4) is 0 Å². The normalized spacial score (nSPS) is 16.4. The topological polar surface area (TPSA) is 67.2 Å². The summed E-state index contributed by atoms with van der Waals surface area (Å²) in [5, 5.41) is 9.56. The minimum Gasteiger partial charge on any atom is -0.360 e. The molecule has 0 spiro atoms. The zero-order valence-corrected chi connectivity index (χ0v) is 13.2. The van der Waals surface area contributed by atoms with Gasteiger partial charge in [0.25, 0.3) is 5.91 Å². The lowest BCUT2D eigenvalue weighted by Crippen LogP contribution is -2.25. The highest BCUT2D eigenvalue weighted by Gasteiger charge is 2.29. The van der Waals surface area contributed by atoms with E-state index in [2.05, 4.69) is 15.8 Å². The molecule has 2 aliphatic rings. The van der Waals surface area contributed by atoms with Gasteiger partial charge in [-0.2, -0.15) is 0 Å². The Morgan fingerprint density at radius 2 is 2.22 bits per heavy atom. The predicted octanol–water partition coefficient (Wildman–Crippen LogP) is 3.01. The lowest BCUT2D eigenvalue weighted by Gasteiger charge is -2.19. The highest BCUT2D eigenvalue weighted by Crippen LogP contribution is 2.40. The van der Waals surface area contributed by atoms with E-state index in [1.165, 1.54) is 0 Å². The van der Waals surface area contributed by atoms with E-state index < -0.39 is 5.91 Å². The van der Waals surface area contributed by atoms with E-state index in [0.717, 1.165) is 30.7 Å². The van der Waals surface area contributed by atoms with Crippen LogP contribution >= 0.6 is 12.4 Å². The molecule has 1 aromatic heterocycles. The van der Waals surface area contributed by atoms with Crippen LogP contribution in [-0.4, -0.2) is 17.6 Å².